The molecule has 1 amide bonds. The molecule has 20 heavy (non-hydrogen) atoms. The third-order valence-corrected chi connectivity index (χ3v) is 2.89. The maximum Gasteiger partial charge on any atom is 0.308 e. The summed E-state index contributed by atoms with van der Waals surface area (Å²) in [5.41, 5.74) is 0.430. The Bertz CT molecular complexity index is 415. The number of carbonyl (C=O) groups is 2. The summed E-state index contributed by atoms with van der Waals surface area (Å²) < 4.78 is 10.1. The fourth-order valence-corrected chi connectivity index (χ4v) is 1.75. The smallest absolute Gasteiger partial charge is 0.308 e. The standard InChI is InChI=1S/C14H21NO5/c1-3-19-7-4-6-15(9-11(2)14(17)18)13(16)12-5-8-20-10-12/h5,8,10-11H,3-4,6-7,9H2,1-2H3,(H,17,18). The molecule has 0 bridgehead atoms. The molecule has 0 aliphatic heterocycles. The highest BCUT2D eigenvalue weighted by molar-refractivity contribution is 5.94. The van der Waals surface area contributed by atoms with Gasteiger partial charge in [0.05, 0.1) is 17.7 Å². The molecule has 0 saturated carbocycles. The number of nitrogens with zero attached hydrogens (tertiary/aromatic N) is 1. The number of carbonyl (C=O) groups excluding carboxylic acids is 1. The highest BCUT2D eigenvalue weighted by atomic mass is 16.5. The summed E-state index contributed by atoms with van der Waals surface area (Å²) >= 11 is 0. The van der Waals surface area contributed by atoms with E-state index in [1.165, 1.54) is 17.4 Å². The van der Waals surface area contributed by atoms with E-state index in [1.807, 2.05) is 6.92 Å². The lowest BCUT2D eigenvalue weighted by atomic mass is 10.1. The quantitative estimate of drug-likeness (QED) is 0.700. The van der Waals surface area contributed by atoms with Crippen molar-refractivity contribution in [2.45, 2.75) is 20.3 Å². The van der Waals surface area contributed by atoms with Gasteiger partial charge in [-0.1, -0.05) is 6.92 Å². The van der Waals surface area contributed by atoms with E-state index in [9.17, 15) is 9.59 Å². The minimum Gasteiger partial charge on any atom is -0.481 e. The maximum atomic E-state index is 12.3. The van der Waals surface area contributed by atoms with E-state index >= 15 is 0 Å². The van der Waals surface area contributed by atoms with Gasteiger partial charge in [0, 0.05) is 26.3 Å². The van der Waals surface area contributed by atoms with Gasteiger partial charge in [-0.15, -0.1) is 0 Å². The van der Waals surface area contributed by atoms with Crippen LogP contribution in [0.4, 0.5) is 0 Å². The van der Waals surface area contributed by atoms with Gasteiger partial charge < -0.3 is 19.2 Å². The van der Waals surface area contributed by atoms with Crippen molar-refractivity contribution in [2.75, 3.05) is 26.3 Å². The van der Waals surface area contributed by atoms with Crippen LogP contribution < -0.4 is 0 Å². The Balaban J connectivity index is 2.63. The predicted molar refractivity (Wildman–Crippen MR) is 72.5 cm³/mol. The average Bonchev–Trinajstić information content (AvgIpc) is 2.95. The Hall–Kier alpha value is -1.82. The third-order valence-electron chi connectivity index (χ3n) is 2.89. The molecule has 112 valence electrons. The molecule has 6 nitrogen and oxygen atoms in total. The third kappa shape index (κ3) is 5.05. The van der Waals surface area contributed by atoms with Crippen molar-refractivity contribution in [3.05, 3.63) is 24.2 Å². The van der Waals surface area contributed by atoms with Gasteiger partial charge in [0.25, 0.3) is 5.91 Å². The summed E-state index contributed by atoms with van der Waals surface area (Å²) in [5.74, 6) is -1.75. The van der Waals surface area contributed by atoms with Gasteiger partial charge >= 0.3 is 5.97 Å². The van der Waals surface area contributed by atoms with Crippen LogP contribution in [0.5, 0.6) is 0 Å². The fraction of sp³-hybridized carbons (Fsp3) is 0.571. The van der Waals surface area contributed by atoms with Crippen LogP contribution in [0, 0.1) is 5.92 Å². The van der Waals surface area contributed by atoms with Crippen LogP contribution in [0.2, 0.25) is 0 Å². The maximum absolute atomic E-state index is 12.3. The van der Waals surface area contributed by atoms with E-state index in [0.717, 1.165) is 0 Å². The number of aliphatic carboxylic acids is 1. The Morgan fingerprint density at radius 2 is 2.25 bits per heavy atom. The van der Waals surface area contributed by atoms with Crippen LogP contribution >= 0.6 is 0 Å². The molecule has 0 aromatic carbocycles. The number of furan rings is 1. The first-order chi connectivity index (χ1) is 9.56. The SMILES string of the molecule is CCOCCCN(CC(C)C(=O)O)C(=O)c1ccoc1. The van der Waals surface area contributed by atoms with Crippen molar-refractivity contribution in [2.24, 2.45) is 5.92 Å². The molecule has 1 unspecified atom stereocenters. The second-order valence-electron chi connectivity index (χ2n) is 4.55. The second-order valence-corrected chi connectivity index (χ2v) is 4.55. The molecule has 1 aromatic heterocycles. The summed E-state index contributed by atoms with van der Waals surface area (Å²) in [4.78, 5) is 24.7. The van der Waals surface area contributed by atoms with Gasteiger partial charge in [0.1, 0.15) is 6.26 Å². The van der Waals surface area contributed by atoms with E-state index in [0.29, 0.717) is 31.7 Å². The van der Waals surface area contributed by atoms with Crippen LogP contribution in [-0.2, 0) is 9.53 Å². The van der Waals surface area contributed by atoms with Crippen LogP contribution in [0.25, 0.3) is 0 Å². The minimum absolute atomic E-state index is 0.172. The summed E-state index contributed by atoms with van der Waals surface area (Å²) in [6, 6.07) is 1.57. The summed E-state index contributed by atoms with van der Waals surface area (Å²) in [6.45, 7) is 5.29. The molecule has 0 spiro atoms. The Kier molecular flexibility index (Phi) is 6.79. The van der Waals surface area contributed by atoms with Crippen molar-refractivity contribution in [3.63, 3.8) is 0 Å². The topological polar surface area (TPSA) is 80.0 Å². The van der Waals surface area contributed by atoms with E-state index in [-0.39, 0.29) is 12.5 Å². The van der Waals surface area contributed by atoms with Crippen molar-refractivity contribution in [1.82, 2.24) is 4.90 Å². The van der Waals surface area contributed by atoms with Crippen molar-refractivity contribution in [3.8, 4) is 0 Å². The molecule has 0 aliphatic carbocycles. The van der Waals surface area contributed by atoms with E-state index in [1.54, 1.807) is 13.0 Å². The predicted octanol–water partition coefficient (Wildman–Crippen LogP) is 1.87. The number of carboxylic acid groups (broad SMARTS) is 1. The summed E-state index contributed by atoms with van der Waals surface area (Å²) in [7, 11) is 0. The molecule has 1 heterocycles. The monoisotopic (exact) mass is 283 g/mol. The number of hydrogen-bond acceptors (Lipinski definition) is 4. The molecule has 0 aliphatic rings. The van der Waals surface area contributed by atoms with Gasteiger partial charge in [0.15, 0.2) is 0 Å². The Morgan fingerprint density at radius 3 is 2.80 bits per heavy atom. The van der Waals surface area contributed by atoms with Crippen molar-refractivity contribution in [1.29, 1.82) is 0 Å². The first kappa shape index (κ1) is 16.2. The molecule has 0 fully saturated rings. The zero-order valence-electron chi connectivity index (χ0n) is 11.9. The highest BCUT2D eigenvalue weighted by Crippen LogP contribution is 2.09. The first-order valence-electron chi connectivity index (χ1n) is 6.68. The number of hydrogen-bond donors (Lipinski definition) is 1. The van der Waals surface area contributed by atoms with E-state index < -0.39 is 11.9 Å². The molecule has 1 N–H and O–H groups in total. The van der Waals surface area contributed by atoms with Gasteiger partial charge in [-0.2, -0.15) is 0 Å². The zero-order chi connectivity index (χ0) is 15.0. The first-order valence-corrected chi connectivity index (χ1v) is 6.68. The largest absolute Gasteiger partial charge is 0.481 e. The summed E-state index contributed by atoms with van der Waals surface area (Å²) in [5, 5.41) is 8.97. The van der Waals surface area contributed by atoms with Gasteiger partial charge in [0.2, 0.25) is 0 Å². The molecule has 6 heteroatoms. The number of carboxylic acids is 1. The molecule has 0 saturated heterocycles. The number of amides is 1. The van der Waals surface area contributed by atoms with Gasteiger partial charge in [-0.05, 0) is 19.4 Å². The zero-order valence-corrected chi connectivity index (χ0v) is 11.9. The lowest BCUT2D eigenvalue weighted by Crippen LogP contribution is -2.37. The lowest BCUT2D eigenvalue weighted by molar-refractivity contribution is -0.141. The van der Waals surface area contributed by atoms with Crippen molar-refractivity contribution < 1.29 is 23.8 Å². The van der Waals surface area contributed by atoms with E-state index in [2.05, 4.69) is 0 Å². The van der Waals surface area contributed by atoms with Crippen LogP contribution in [0.1, 0.15) is 30.6 Å². The van der Waals surface area contributed by atoms with E-state index in [4.69, 9.17) is 14.3 Å². The Morgan fingerprint density at radius 1 is 1.50 bits per heavy atom. The van der Waals surface area contributed by atoms with Crippen LogP contribution in [0.15, 0.2) is 23.0 Å². The average molecular weight is 283 g/mol. The van der Waals surface area contributed by atoms with Crippen LogP contribution in [0.3, 0.4) is 0 Å². The molecular formula is C14H21NO5. The Labute approximate surface area is 118 Å². The minimum atomic E-state index is -0.917. The van der Waals surface area contributed by atoms with Gasteiger partial charge in [-0.3, -0.25) is 9.59 Å². The molecule has 1 rings (SSSR count). The number of rotatable bonds is 9. The van der Waals surface area contributed by atoms with Crippen molar-refractivity contribution >= 4 is 11.9 Å². The fourth-order valence-electron chi connectivity index (χ4n) is 1.75. The molecular weight excluding hydrogens is 262 g/mol. The second kappa shape index (κ2) is 8.37. The normalized spacial score (nSPS) is 12.1. The molecule has 0 radical (unpaired) electrons. The molecule has 1 atom stereocenters. The van der Waals surface area contributed by atoms with Gasteiger partial charge in [-0.25, -0.2) is 0 Å². The highest BCUT2D eigenvalue weighted by Gasteiger charge is 2.21. The van der Waals surface area contributed by atoms with Crippen LogP contribution in [-0.4, -0.2) is 48.2 Å². The lowest BCUT2D eigenvalue weighted by Gasteiger charge is -2.24. The molecule has 1 aromatic rings. The number of ether oxygens (including phenoxy) is 1. The summed E-state index contributed by atoms with van der Waals surface area (Å²) in [6.07, 6.45) is 3.46.